The average molecular weight is 467 g/mol. The van der Waals surface area contributed by atoms with Crippen molar-refractivity contribution < 1.29 is 9.53 Å². The van der Waals surface area contributed by atoms with Crippen LogP contribution in [0.3, 0.4) is 0 Å². The van der Waals surface area contributed by atoms with Crippen LogP contribution in [0.15, 0.2) is 48.8 Å². The summed E-state index contributed by atoms with van der Waals surface area (Å²) in [6.45, 7) is 10.9. The molecule has 1 aliphatic heterocycles. The van der Waals surface area contributed by atoms with Crippen molar-refractivity contribution in [2.75, 3.05) is 26.2 Å². The minimum atomic E-state index is -0.494. The summed E-state index contributed by atoms with van der Waals surface area (Å²) in [5, 5.41) is 4.88. The lowest BCUT2D eigenvalue weighted by atomic mass is 10.2. The molecule has 0 spiro atoms. The number of nitrogens with zero attached hydrogens (tertiary/aromatic N) is 6. The zero-order valence-corrected chi connectivity index (χ0v) is 20.4. The number of para-hydroxylation sites is 1. The van der Waals surface area contributed by atoms with Gasteiger partial charge in [0.15, 0.2) is 5.82 Å². The van der Waals surface area contributed by atoms with Crippen molar-refractivity contribution in [3.63, 3.8) is 0 Å². The molecule has 1 saturated heterocycles. The van der Waals surface area contributed by atoms with Crippen molar-refractivity contribution in [3.05, 3.63) is 59.1 Å². The van der Waals surface area contributed by atoms with Gasteiger partial charge in [-0.1, -0.05) is 18.2 Å². The van der Waals surface area contributed by atoms with Gasteiger partial charge >= 0.3 is 6.09 Å². The first kappa shape index (κ1) is 23.1. The lowest BCUT2D eigenvalue weighted by Gasteiger charge is -2.35. The Hall–Kier alpha value is -3.04. The zero-order chi connectivity index (χ0) is 23.6. The predicted octanol–water partition coefficient (Wildman–Crippen LogP) is 4.28. The Balaban J connectivity index is 1.57. The minimum Gasteiger partial charge on any atom is -0.444 e. The Morgan fingerprint density at radius 1 is 1.09 bits per heavy atom. The lowest BCUT2D eigenvalue weighted by Crippen LogP contribution is -2.50. The summed E-state index contributed by atoms with van der Waals surface area (Å²) in [4.78, 5) is 20.6. The monoisotopic (exact) mass is 466 g/mol. The van der Waals surface area contributed by atoms with Crippen LogP contribution in [0.5, 0.6) is 0 Å². The Kier molecular flexibility index (Phi) is 6.62. The van der Waals surface area contributed by atoms with E-state index in [0.29, 0.717) is 24.5 Å². The Morgan fingerprint density at radius 3 is 2.45 bits per heavy atom. The Bertz CT molecular complexity index is 1170. The summed E-state index contributed by atoms with van der Waals surface area (Å²) in [6, 6.07) is 12.0. The first-order valence-corrected chi connectivity index (χ1v) is 11.5. The van der Waals surface area contributed by atoms with E-state index in [9.17, 15) is 4.79 Å². The third kappa shape index (κ3) is 5.31. The van der Waals surface area contributed by atoms with E-state index in [0.717, 1.165) is 35.7 Å². The van der Waals surface area contributed by atoms with E-state index < -0.39 is 5.60 Å². The Labute approximate surface area is 199 Å². The molecule has 9 heteroatoms. The van der Waals surface area contributed by atoms with Crippen molar-refractivity contribution in [2.45, 2.75) is 40.0 Å². The number of amides is 1. The maximum Gasteiger partial charge on any atom is 0.410 e. The summed E-state index contributed by atoms with van der Waals surface area (Å²) in [5.74, 6) is 0.759. The molecule has 1 fully saturated rings. The average Bonchev–Trinajstić information content (AvgIpc) is 3.10. The third-order valence-corrected chi connectivity index (χ3v) is 5.87. The quantitative estimate of drug-likeness (QED) is 0.535. The molecule has 0 radical (unpaired) electrons. The zero-order valence-electron chi connectivity index (χ0n) is 19.6. The highest BCUT2D eigenvalue weighted by molar-refractivity contribution is 7.71. The van der Waals surface area contributed by atoms with Gasteiger partial charge in [-0.3, -0.25) is 14.5 Å². The summed E-state index contributed by atoms with van der Waals surface area (Å²) < 4.78 is 9.99. The third-order valence-electron chi connectivity index (χ3n) is 5.47. The number of aryl methyl sites for hydroxylation is 1. The number of pyridine rings is 1. The van der Waals surface area contributed by atoms with Gasteiger partial charge in [0.1, 0.15) is 5.60 Å². The van der Waals surface area contributed by atoms with Gasteiger partial charge in [0.2, 0.25) is 4.77 Å². The SMILES string of the molecule is Cc1ccccc1-n1c(-c2cccnc2)nn(CN2CCN(C(=O)OC(C)(C)C)CC2)c1=S. The highest BCUT2D eigenvalue weighted by Gasteiger charge is 2.26. The highest BCUT2D eigenvalue weighted by Crippen LogP contribution is 2.24. The maximum atomic E-state index is 12.4. The van der Waals surface area contributed by atoms with E-state index in [-0.39, 0.29) is 6.09 Å². The van der Waals surface area contributed by atoms with Crippen molar-refractivity contribution in [2.24, 2.45) is 0 Å². The van der Waals surface area contributed by atoms with Gasteiger partial charge in [0.25, 0.3) is 0 Å². The molecule has 1 amide bonds. The normalized spacial score (nSPS) is 15.0. The van der Waals surface area contributed by atoms with Crippen LogP contribution in [0.1, 0.15) is 26.3 Å². The largest absolute Gasteiger partial charge is 0.444 e. The molecule has 3 heterocycles. The fraction of sp³-hybridized carbons (Fsp3) is 0.417. The number of carbonyl (C=O) groups excluding carboxylic acids is 1. The van der Waals surface area contributed by atoms with Crippen LogP contribution < -0.4 is 0 Å². The fourth-order valence-corrected chi connectivity index (χ4v) is 4.08. The highest BCUT2D eigenvalue weighted by atomic mass is 32.1. The van der Waals surface area contributed by atoms with Gasteiger partial charge in [-0.2, -0.15) is 0 Å². The van der Waals surface area contributed by atoms with E-state index in [2.05, 4.69) is 28.9 Å². The van der Waals surface area contributed by atoms with Gasteiger partial charge < -0.3 is 9.64 Å². The van der Waals surface area contributed by atoms with Crippen LogP contribution in [0, 0.1) is 11.7 Å². The van der Waals surface area contributed by atoms with Crippen LogP contribution in [-0.2, 0) is 11.4 Å². The number of hydrogen-bond donors (Lipinski definition) is 0. The molecule has 0 saturated carbocycles. The van der Waals surface area contributed by atoms with E-state index in [1.165, 1.54) is 0 Å². The van der Waals surface area contributed by atoms with Crippen LogP contribution in [0.25, 0.3) is 17.1 Å². The lowest BCUT2D eigenvalue weighted by molar-refractivity contribution is 0.0113. The number of carbonyl (C=O) groups is 1. The van der Waals surface area contributed by atoms with Crippen LogP contribution in [0.2, 0.25) is 0 Å². The van der Waals surface area contributed by atoms with Gasteiger partial charge in [0.05, 0.1) is 12.4 Å². The molecule has 4 rings (SSSR count). The standard InChI is InChI=1S/C24H30N6O2S/c1-18-8-5-6-10-20(18)30-21(19-9-7-11-25-16-19)26-29(22(30)33)17-27-12-14-28(15-13-27)23(31)32-24(2,3)4/h5-11,16H,12-15,17H2,1-4H3. The van der Waals surface area contributed by atoms with E-state index in [4.69, 9.17) is 22.1 Å². The summed E-state index contributed by atoms with van der Waals surface area (Å²) >= 11 is 5.88. The second kappa shape index (κ2) is 9.44. The molecule has 8 nitrogen and oxygen atoms in total. The molecule has 0 bridgehead atoms. The van der Waals surface area contributed by atoms with Gasteiger partial charge in [-0.05, 0) is 63.7 Å². The van der Waals surface area contributed by atoms with Crippen molar-refractivity contribution in [3.8, 4) is 17.1 Å². The number of hydrogen-bond acceptors (Lipinski definition) is 6. The number of ether oxygens (including phenoxy) is 1. The number of rotatable bonds is 4. The smallest absolute Gasteiger partial charge is 0.410 e. The summed E-state index contributed by atoms with van der Waals surface area (Å²) in [5.41, 5.74) is 2.53. The van der Waals surface area contributed by atoms with Crippen molar-refractivity contribution >= 4 is 18.3 Å². The van der Waals surface area contributed by atoms with Crippen molar-refractivity contribution in [1.82, 2.24) is 29.1 Å². The van der Waals surface area contributed by atoms with Crippen LogP contribution in [-0.4, -0.2) is 67.0 Å². The molecule has 3 aromatic rings. The number of aromatic nitrogens is 4. The molecule has 33 heavy (non-hydrogen) atoms. The molecule has 1 aromatic carbocycles. The van der Waals surface area contributed by atoms with E-state index in [1.807, 2.05) is 54.3 Å². The van der Waals surface area contributed by atoms with Crippen molar-refractivity contribution in [1.29, 1.82) is 0 Å². The topological polar surface area (TPSA) is 68.4 Å². The molecule has 2 aromatic heterocycles. The molecule has 0 atom stereocenters. The molecule has 0 N–H and O–H groups in total. The van der Waals surface area contributed by atoms with E-state index >= 15 is 0 Å². The first-order chi connectivity index (χ1) is 15.7. The molecule has 0 aliphatic carbocycles. The second-order valence-corrected chi connectivity index (χ2v) is 9.56. The molecule has 174 valence electrons. The second-order valence-electron chi connectivity index (χ2n) is 9.20. The summed E-state index contributed by atoms with van der Waals surface area (Å²) in [6.07, 6.45) is 3.29. The predicted molar refractivity (Wildman–Crippen MR) is 130 cm³/mol. The van der Waals surface area contributed by atoms with Crippen LogP contribution in [0.4, 0.5) is 4.79 Å². The van der Waals surface area contributed by atoms with E-state index in [1.54, 1.807) is 17.3 Å². The minimum absolute atomic E-state index is 0.263. The van der Waals surface area contributed by atoms with Crippen LogP contribution >= 0.6 is 12.2 Å². The van der Waals surface area contributed by atoms with Gasteiger partial charge in [0, 0.05) is 44.1 Å². The molecular weight excluding hydrogens is 436 g/mol. The fourth-order valence-electron chi connectivity index (χ4n) is 3.80. The molecular formula is C24H30N6O2S. The number of piperazine rings is 1. The van der Waals surface area contributed by atoms with Gasteiger partial charge in [-0.15, -0.1) is 5.10 Å². The number of benzene rings is 1. The Morgan fingerprint density at radius 2 is 1.82 bits per heavy atom. The summed E-state index contributed by atoms with van der Waals surface area (Å²) in [7, 11) is 0. The first-order valence-electron chi connectivity index (χ1n) is 11.1. The van der Waals surface area contributed by atoms with Gasteiger partial charge in [-0.25, -0.2) is 9.48 Å². The maximum absolute atomic E-state index is 12.4. The molecule has 0 unspecified atom stereocenters. The molecule has 1 aliphatic rings.